The number of hydrogen-bond donors (Lipinski definition) is 1. The van der Waals surface area contributed by atoms with Crippen molar-refractivity contribution in [2.75, 3.05) is 18.1 Å². The molecule has 6 nitrogen and oxygen atoms in total. The van der Waals surface area contributed by atoms with Gasteiger partial charge in [0.05, 0.1) is 11.5 Å². The zero-order valence-electron chi connectivity index (χ0n) is 9.97. The first-order valence-corrected chi connectivity index (χ1v) is 7.29. The molecule has 1 unspecified atom stereocenters. The molecule has 0 radical (unpaired) electrons. The number of carboxylic acids is 1. The number of aliphatic carboxylic acids is 1. The van der Waals surface area contributed by atoms with E-state index in [9.17, 15) is 23.1 Å². The molecule has 1 heterocycles. The van der Waals surface area contributed by atoms with E-state index in [1.165, 1.54) is 6.92 Å². The van der Waals surface area contributed by atoms with Crippen molar-refractivity contribution in [2.24, 2.45) is 0 Å². The fourth-order valence-corrected chi connectivity index (χ4v) is 4.30. The fourth-order valence-electron chi connectivity index (χ4n) is 2.42. The van der Waals surface area contributed by atoms with Crippen molar-refractivity contribution >= 4 is 21.7 Å². The summed E-state index contributed by atoms with van der Waals surface area (Å²) in [4.78, 5) is 24.0. The molecule has 1 fully saturated rings. The summed E-state index contributed by atoms with van der Waals surface area (Å²) in [6.07, 6.45) is 0.466. The van der Waals surface area contributed by atoms with Gasteiger partial charge in [0, 0.05) is 13.5 Å². The van der Waals surface area contributed by atoms with Gasteiger partial charge in [0.15, 0.2) is 15.4 Å². The van der Waals surface area contributed by atoms with Crippen molar-refractivity contribution in [1.29, 1.82) is 0 Å². The highest BCUT2D eigenvalue weighted by Gasteiger charge is 2.50. The van der Waals surface area contributed by atoms with Crippen LogP contribution in [0.5, 0.6) is 0 Å². The SMILES string of the molecule is CCN(C(C)=O)C1(C(=O)O)CCCS(=O)(=O)C1. The van der Waals surface area contributed by atoms with Crippen LogP contribution in [0, 0.1) is 0 Å². The van der Waals surface area contributed by atoms with Crippen LogP contribution in [0.4, 0.5) is 0 Å². The second kappa shape index (κ2) is 4.64. The fraction of sp³-hybridized carbons (Fsp3) is 0.800. The Bertz CT molecular complexity index is 430. The summed E-state index contributed by atoms with van der Waals surface area (Å²) in [5.41, 5.74) is -1.59. The van der Waals surface area contributed by atoms with Gasteiger partial charge in [0.2, 0.25) is 5.91 Å². The molecule has 1 aliphatic rings. The molecule has 1 rings (SSSR count). The highest BCUT2D eigenvalue weighted by Crippen LogP contribution is 2.29. The van der Waals surface area contributed by atoms with Gasteiger partial charge in [-0.25, -0.2) is 13.2 Å². The van der Waals surface area contributed by atoms with Gasteiger partial charge in [0.1, 0.15) is 0 Å². The van der Waals surface area contributed by atoms with Gasteiger partial charge < -0.3 is 10.0 Å². The van der Waals surface area contributed by atoms with E-state index < -0.39 is 33.0 Å². The van der Waals surface area contributed by atoms with E-state index in [2.05, 4.69) is 0 Å². The minimum absolute atomic E-state index is 0.00249. The lowest BCUT2D eigenvalue weighted by Gasteiger charge is -2.41. The second-order valence-corrected chi connectivity index (χ2v) is 6.48. The number of sulfone groups is 1. The number of carboxylic acid groups (broad SMARTS) is 1. The Morgan fingerprint density at radius 2 is 2.00 bits per heavy atom. The van der Waals surface area contributed by atoms with Crippen molar-refractivity contribution in [1.82, 2.24) is 4.90 Å². The summed E-state index contributed by atoms with van der Waals surface area (Å²) in [6.45, 7) is 3.10. The van der Waals surface area contributed by atoms with E-state index in [1.54, 1.807) is 6.92 Å². The maximum atomic E-state index is 11.6. The molecule has 1 amide bonds. The predicted molar refractivity (Wildman–Crippen MR) is 61.3 cm³/mol. The summed E-state index contributed by atoms with van der Waals surface area (Å²) < 4.78 is 23.2. The quantitative estimate of drug-likeness (QED) is 0.767. The minimum Gasteiger partial charge on any atom is -0.479 e. The van der Waals surface area contributed by atoms with Crippen LogP contribution in [0.25, 0.3) is 0 Å². The maximum Gasteiger partial charge on any atom is 0.330 e. The third kappa shape index (κ3) is 2.59. The van der Waals surface area contributed by atoms with Crippen molar-refractivity contribution in [3.05, 3.63) is 0 Å². The molecule has 7 heteroatoms. The molecule has 1 saturated heterocycles. The third-order valence-electron chi connectivity index (χ3n) is 3.12. The molecule has 1 atom stereocenters. The van der Waals surface area contributed by atoms with Crippen LogP contribution < -0.4 is 0 Å². The van der Waals surface area contributed by atoms with Crippen molar-refractivity contribution in [3.63, 3.8) is 0 Å². The minimum atomic E-state index is -3.40. The lowest BCUT2D eigenvalue weighted by molar-refractivity contribution is -0.157. The molecule has 1 N–H and O–H groups in total. The Morgan fingerprint density at radius 3 is 2.35 bits per heavy atom. The van der Waals surface area contributed by atoms with Gasteiger partial charge in [-0.2, -0.15) is 0 Å². The Hall–Kier alpha value is -1.11. The first-order chi connectivity index (χ1) is 7.75. The lowest BCUT2D eigenvalue weighted by atomic mass is 9.93. The first-order valence-electron chi connectivity index (χ1n) is 5.47. The third-order valence-corrected chi connectivity index (χ3v) is 4.94. The smallest absolute Gasteiger partial charge is 0.330 e. The molecule has 1 aliphatic heterocycles. The van der Waals surface area contributed by atoms with Crippen LogP contribution in [0.3, 0.4) is 0 Å². The molecular weight excluding hydrogens is 246 g/mol. The Kier molecular flexibility index (Phi) is 3.81. The number of nitrogens with zero attached hydrogens (tertiary/aromatic N) is 1. The highest BCUT2D eigenvalue weighted by atomic mass is 32.2. The monoisotopic (exact) mass is 263 g/mol. The lowest BCUT2D eigenvalue weighted by Crippen LogP contribution is -2.62. The summed E-state index contributed by atoms with van der Waals surface area (Å²) in [5.74, 6) is -2.13. The zero-order chi connectivity index (χ0) is 13.3. The van der Waals surface area contributed by atoms with Crippen molar-refractivity contribution in [2.45, 2.75) is 32.2 Å². The van der Waals surface area contributed by atoms with Crippen LogP contribution in [0.15, 0.2) is 0 Å². The van der Waals surface area contributed by atoms with E-state index in [-0.39, 0.29) is 25.1 Å². The van der Waals surface area contributed by atoms with Crippen LogP contribution in [-0.4, -0.2) is 53.9 Å². The van der Waals surface area contributed by atoms with Crippen molar-refractivity contribution < 1.29 is 23.1 Å². The summed E-state index contributed by atoms with van der Waals surface area (Å²) >= 11 is 0. The normalized spacial score (nSPS) is 27.4. The van der Waals surface area contributed by atoms with Crippen LogP contribution in [0.1, 0.15) is 26.7 Å². The first kappa shape index (κ1) is 14.0. The number of amides is 1. The standard InChI is InChI=1S/C10H17NO5S/c1-3-11(8(2)12)10(9(13)14)5-4-6-17(15,16)7-10/h3-7H2,1-2H3,(H,13,14). The van der Waals surface area contributed by atoms with E-state index in [0.29, 0.717) is 0 Å². The highest BCUT2D eigenvalue weighted by molar-refractivity contribution is 7.91. The molecule has 0 aromatic carbocycles. The van der Waals surface area contributed by atoms with Crippen molar-refractivity contribution in [3.8, 4) is 0 Å². The molecule has 0 aliphatic carbocycles. The van der Waals surface area contributed by atoms with E-state index in [4.69, 9.17) is 0 Å². The maximum absolute atomic E-state index is 11.6. The second-order valence-electron chi connectivity index (χ2n) is 4.30. The van der Waals surface area contributed by atoms with Gasteiger partial charge >= 0.3 is 5.97 Å². The summed E-state index contributed by atoms with van der Waals surface area (Å²) in [5, 5.41) is 9.31. The van der Waals surface area contributed by atoms with Gasteiger partial charge in [-0.15, -0.1) is 0 Å². The Morgan fingerprint density at radius 1 is 1.41 bits per heavy atom. The molecule has 17 heavy (non-hydrogen) atoms. The summed E-state index contributed by atoms with van der Waals surface area (Å²) in [7, 11) is -3.40. The molecule has 0 aromatic rings. The number of carbonyl (C=O) groups is 2. The van der Waals surface area contributed by atoms with Crippen LogP contribution in [0.2, 0.25) is 0 Å². The number of carbonyl (C=O) groups excluding carboxylic acids is 1. The largest absolute Gasteiger partial charge is 0.479 e. The topological polar surface area (TPSA) is 91.8 Å². The van der Waals surface area contributed by atoms with Gasteiger partial charge in [0.25, 0.3) is 0 Å². The average Bonchev–Trinajstić information content (AvgIpc) is 2.15. The molecular formula is C10H17NO5S. The van der Waals surface area contributed by atoms with E-state index in [0.717, 1.165) is 4.90 Å². The molecule has 0 aromatic heterocycles. The number of hydrogen-bond acceptors (Lipinski definition) is 4. The van der Waals surface area contributed by atoms with Gasteiger partial charge in [-0.1, -0.05) is 0 Å². The molecule has 0 saturated carbocycles. The summed E-state index contributed by atoms with van der Waals surface area (Å²) in [6, 6.07) is 0. The molecule has 0 spiro atoms. The van der Waals surface area contributed by atoms with E-state index >= 15 is 0 Å². The Labute approximate surface area is 101 Å². The van der Waals surface area contributed by atoms with E-state index in [1.807, 2.05) is 0 Å². The molecule has 98 valence electrons. The van der Waals surface area contributed by atoms with Crippen LogP contribution >= 0.6 is 0 Å². The zero-order valence-corrected chi connectivity index (χ0v) is 10.8. The average molecular weight is 263 g/mol. The molecule has 0 bridgehead atoms. The number of rotatable bonds is 3. The van der Waals surface area contributed by atoms with Gasteiger partial charge in [-0.05, 0) is 19.8 Å². The Balaban J connectivity index is 3.22. The number of likely N-dealkylation sites (N-methyl/N-ethyl adjacent to an activating group) is 1. The van der Waals surface area contributed by atoms with Gasteiger partial charge in [-0.3, -0.25) is 4.79 Å². The van der Waals surface area contributed by atoms with Crippen LogP contribution in [-0.2, 0) is 19.4 Å². The predicted octanol–water partition coefficient (Wildman–Crippen LogP) is -0.113.